The molecule has 1 amide bonds. The van der Waals surface area contributed by atoms with Crippen molar-refractivity contribution in [3.05, 3.63) is 64.1 Å². The summed E-state index contributed by atoms with van der Waals surface area (Å²) in [5, 5.41) is 0. The van der Waals surface area contributed by atoms with Crippen LogP contribution in [0.15, 0.2) is 53.0 Å². The molecule has 1 aliphatic rings. The summed E-state index contributed by atoms with van der Waals surface area (Å²) in [5.74, 6) is -0.113. The van der Waals surface area contributed by atoms with Crippen molar-refractivity contribution in [1.82, 2.24) is 0 Å². The molecule has 0 saturated heterocycles. The molecule has 0 aromatic heterocycles. The van der Waals surface area contributed by atoms with Gasteiger partial charge in [-0.25, -0.2) is 0 Å². The predicted octanol–water partition coefficient (Wildman–Crippen LogP) is 3.91. The van der Waals surface area contributed by atoms with Crippen molar-refractivity contribution in [2.45, 2.75) is 4.87 Å². The molecule has 96 valence electrons. The second kappa shape index (κ2) is 4.36. The van der Waals surface area contributed by atoms with E-state index in [0.717, 1.165) is 21.3 Å². The highest BCUT2D eigenvalue weighted by Crippen LogP contribution is 2.48. The molecule has 1 unspecified atom stereocenters. The number of para-hydroxylation sites is 1. The van der Waals surface area contributed by atoms with E-state index in [1.807, 2.05) is 48.5 Å². The Hall–Kier alpha value is -1.32. The minimum Gasteiger partial charge on any atom is -0.313 e. The van der Waals surface area contributed by atoms with Crippen LogP contribution >= 0.6 is 27.5 Å². The predicted molar refractivity (Wildman–Crippen MR) is 80.6 cm³/mol. The maximum atomic E-state index is 12.6. The summed E-state index contributed by atoms with van der Waals surface area (Å²) in [5.41, 5.74) is 2.50. The van der Waals surface area contributed by atoms with Gasteiger partial charge in [0.05, 0.1) is 0 Å². The van der Waals surface area contributed by atoms with E-state index >= 15 is 0 Å². The molecule has 0 fully saturated rings. The fourth-order valence-electron chi connectivity index (χ4n) is 2.47. The molecule has 1 atom stereocenters. The summed E-state index contributed by atoms with van der Waals surface area (Å²) in [6.07, 6.45) is 0. The van der Waals surface area contributed by atoms with Crippen LogP contribution in [-0.4, -0.2) is 13.0 Å². The third-order valence-corrected chi connectivity index (χ3v) is 4.59. The molecule has 1 aliphatic heterocycles. The van der Waals surface area contributed by atoms with Gasteiger partial charge in [-0.1, -0.05) is 57.9 Å². The van der Waals surface area contributed by atoms with Gasteiger partial charge in [0, 0.05) is 22.8 Å². The Morgan fingerprint density at radius 2 is 1.74 bits per heavy atom. The molecule has 2 aromatic carbocycles. The number of nitrogens with zero attached hydrogens (tertiary/aromatic N) is 1. The Labute approximate surface area is 125 Å². The zero-order chi connectivity index (χ0) is 13.6. The number of benzene rings is 2. The zero-order valence-electron chi connectivity index (χ0n) is 10.2. The first kappa shape index (κ1) is 12.7. The lowest BCUT2D eigenvalue weighted by atomic mass is 9.91. The second-order valence-electron chi connectivity index (χ2n) is 4.55. The molecule has 0 N–H and O–H groups in total. The van der Waals surface area contributed by atoms with Crippen LogP contribution < -0.4 is 4.90 Å². The van der Waals surface area contributed by atoms with Gasteiger partial charge in [0.1, 0.15) is 0 Å². The Morgan fingerprint density at radius 1 is 1.11 bits per heavy atom. The summed E-state index contributed by atoms with van der Waals surface area (Å²) in [7, 11) is 1.75. The Morgan fingerprint density at radius 3 is 2.42 bits per heavy atom. The molecule has 0 spiro atoms. The van der Waals surface area contributed by atoms with Gasteiger partial charge >= 0.3 is 0 Å². The molecule has 0 radical (unpaired) electrons. The summed E-state index contributed by atoms with van der Waals surface area (Å²) >= 11 is 10.1. The van der Waals surface area contributed by atoms with Crippen LogP contribution in [0.2, 0.25) is 0 Å². The molecule has 4 heteroatoms. The number of carbonyl (C=O) groups excluding carboxylic acids is 1. The highest BCUT2D eigenvalue weighted by atomic mass is 79.9. The van der Waals surface area contributed by atoms with Crippen LogP contribution in [0.3, 0.4) is 0 Å². The molecular weight excluding hydrogens is 326 g/mol. The SMILES string of the molecule is CN1C(=O)C(Cl)(c2ccc(Br)cc2)c2ccccc21. The summed E-state index contributed by atoms with van der Waals surface area (Å²) in [6.45, 7) is 0. The van der Waals surface area contributed by atoms with E-state index in [9.17, 15) is 4.79 Å². The van der Waals surface area contributed by atoms with Crippen LogP contribution in [-0.2, 0) is 9.67 Å². The average Bonchev–Trinajstić information content (AvgIpc) is 2.63. The number of hydrogen-bond acceptors (Lipinski definition) is 1. The number of fused-ring (bicyclic) bond motifs is 1. The fraction of sp³-hybridized carbons (Fsp3) is 0.133. The largest absolute Gasteiger partial charge is 0.313 e. The Kier molecular flexibility index (Phi) is 2.91. The summed E-state index contributed by atoms with van der Waals surface area (Å²) in [4.78, 5) is 13.0. The molecule has 0 bridgehead atoms. The van der Waals surface area contributed by atoms with Crippen LogP contribution in [0.4, 0.5) is 5.69 Å². The normalized spacial score (nSPS) is 21.6. The molecule has 0 saturated carbocycles. The van der Waals surface area contributed by atoms with Gasteiger partial charge in [0.15, 0.2) is 4.87 Å². The number of likely N-dealkylation sites (N-methyl/N-ethyl adjacent to an activating group) is 1. The van der Waals surface area contributed by atoms with Gasteiger partial charge in [-0.05, 0) is 23.8 Å². The average molecular weight is 337 g/mol. The van der Waals surface area contributed by atoms with Crippen molar-refractivity contribution in [3.63, 3.8) is 0 Å². The number of anilines is 1. The van der Waals surface area contributed by atoms with E-state index in [4.69, 9.17) is 11.6 Å². The van der Waals surface area contributed by atoms with E-state index in [2.05, 4.69) is 15.9 Å². The van der Waals surface area contributed by atoms with Crippen molar-refractivity contribution in [1.29, 1.82) is 0 Å². The molecule has 0 aliphatic carbocycles. The van der Waals surface area contributed by atoms with Gasteiger partial charge < -0.3 is 4.90 Å². The van der Waals surface area contributed by atoms with E-state index in [-0.39, 0.29) is 5.91 Å². The molecular formula is C15H11BrClNO. The Bertz CT molecular complexity index is 655. The van der Waals surface area contributed by atoms with E-state index in [0.29, 0.717) is 0 Å². The number of alkyl halides is 1. The standard InChI is InChI=1S/C15H11BrClNO/c1-18-13-5-3-2-4-12(13)15(17,14(18)19)10-6-8-11(16)9-7-10/h2-9H,1H3. The molecule has 2 nitrogen and oxygen atoms in total. The number of amides is 1. The number of halogens is 2. The highest BCUT2D eigenvalue weighted by molar-refractivity contribution is 9.10. The third-order valence-electron chi connectivity index (χ3n) is 3.48. The van der Waals surface area contributed by atoms with Gasteiger partial charge in [0.25, 0.3) is 5.91 Å². The van der Waals surface area contributed by atoms with Gasteiger partial charge in [0.2, 0.25) is 0 Å². The monoisotopic (exact) mass is 335 g/mol. The maximum Gasteiger partial charge on any atom is 0.257 e. The van der Waals surface area contributed by atoms with Crippen molar-refractivity contribution >= 4 is 39.1 Å². The van der Waals surface area contributed by atoms with Gasteiger partial charge in [-0.2, -0.15) is 0 Å². The van der Waals surface area contributed by atoms with E-state index in [1.54, 1.807) is 11.9 Å². The summed E-state index contributed by atoms with van der Waals surface area (Å²) < 4.78 is 0.962. The van der Waals surface area contributed by atoms with Crippen LogP contribution in [0.1, 0.15) is 11.1 Å². The fourth-order valence-corrected chi connectivity index (χ4v) is 3.15. The lowest BCUT2D eigenvalue weighted by Gasteiger charge is -2.21. The van der Waals surface area contributed by atoms with Crippen molar-refractivity contribution < 1.29 is 4.79 Å². The minimum atomic E-state index is -1.12. The molecule has 3 rings (SSSR count). The quantitative estimate of drug-likeness (QED) is 0.723. The number of hydrogen-bond donors (Lipinski definition) is 0. The second-order valence-corrected chi connectivity index (χ2v) is 6.03. The molecule has 1 heterocycles. The number of rotatable bonds is 1. The maximum absolute atomic E-state index is 12.6. The molecule has 2 aromatic rings. The number of carbonyl (C=O) groups is 1. The molecule has 19 heavy (non-hydrogen) atoms. The van der Waals surface area contributed by atoms with Crippen LogP contribution in [0.5, 0.6) is 0 Å². The first-order chi connectivity index (χ1) is 9.05. The van der Waals surface area contributed by atoms with Crippen molar-refractivity contribution in [2.75, 3.05) is 11.9 Å². The van der Waals surface area contributed by atoms with Crippen LogP contribution in [0, 0.1) is 0 Å². The van der Waals surface area contributed by atoms with E-state index < -0.39 is 4.87 Å². The zero-order valence-corrected chi connectivity index (χ0v) is 12.6. The third kappa shape index (κ3) is 1.72. The van der Waals surface area contributed by atoms with E-state index in [1.165, 1.54) is 0 Å². The Balaban J connectivity index is 2.24. The first-order valence-corrected chi connectivity index (χ1v) is 7.05. The lowest BCUT2D eigenvalue weighted by molar-refractivity contribution is -0.119. The van der Waals surface area contributed by atoms with Crippen LogP contribution in [0.25, 0.3) is 0 Å². The highest BCUT2D eigenvalue weighted by Gasteiger charge is 2.49. The lowest BCUT2D eigenvalue weighted by Crippen LogP contribution is -2.34. The minimum absolute atomic E-state index is 0.113. The van der Waals surface area contributed by atoms with Gasteiger partial charge in [-0.3, -0.25) is 4.79 Å². The van der Waals surface area contributed by atoms with Gasteiger partial charge in [-0.15, -0.1) is 0 Å². The topological polar surface area (TPSA) is 20.3 Å². The smallest absolute Gasteiger partial charge is 0.257 e. The van der Waals surface area contributed by atoms with Crippen molar-refractivity contribution in [3.8, 4) is 0 Å². The van der Waals surface area contributed by atoms with Crippen molar-refractivity contribution in [2.24, 2.45) is 0 Å². The summed E-state index contributed by atoms with van der Waals surface area (Å²) in [6, 6.07) is 15.2. The first-order valence-electron chi connectivity index (χ1n) is 5.88.